The van der Waals surface area contributed by atoms with Crippen LogP contribution in [0.3, 0.4) is 0 Å². The fraction of sp³-hybridized carbons (Fsp3) is 0.667. The molecule has 1 unspecified atom stereocenters. The van der Waals surface area contributed by atoms with E-state index in [-0.39, 0.29) is 11.9 Å². The van der Waals surface area contributed by atoms with Crippen LogP contribution in [-0.4, -0.2) is 58.0 Å². The van der Waals surface area contributed by atoms with E-state index in [4.69, 9.17) is 10.9 Å². The summed E-state index contributed by atoms with van der Waals surface area (Å²) in [6.07, 6.45) is 0. The van der Waals surface area contributed by atoms with Gasteiger partial charge in [-0.15, -0.1) is 11.3 Å². The fourth-order valence-electron chi connectivity index (χ4n) is 2.25. The number of piperazine rings is 1. The maximum absolute atomic E-state index is 8.70. The van der Waals surface area contributed by atoms with Crippen LogP contribution in [0.1, 0.15) is 17.6 Å². The van der Waals surface area contributed by atoms with E-state index in [2.05, 4.69) is 25.3 Å². The number of nitrogens with zero attached hydrogens (tertiary/aromatic N) is 4. The Morgan fingerprint density at radius 1 is 1.53 bits per heavy atom. The summed E-state index contributed by atoms with van der Waals surface area (Å²) in [4.78, 5) is 9.12. The molecule has 106 valence electrons. The number of hydrogen-bond acceptors (Lipinski definition) is 6. The first-order valence-corrected chi connectivity index (χ1v) is 7.33. The number of aryl methyl sites for hydroxylation is 1. The third-order valence-corrected chi connectivity index (χ3v) is 4.47. The predicted molar refractivity (Wildman–Crippen MR) is 76.6 cm³/mol. The molecule has 7 heteroatoms. The molecule has 0 aromatic carbocycles. The molecule has 2 heterocycles. The van der Waals surface area contributed by atoms with E-state index in [0.717, 1.165) is 38.4 Å². The van der Waals surface area contributed by atoms with Crippen molar-refractivity contribution in [2.24, 2.45) is 10.9 Å². The number of thiazole rings is 1. The maximum atomic E-state index is 8.70. The first-order valence-electron chi connectivity index (χ1n) is 6.45. The molecular weight excluding hydrogens is 262 g/mol. The highest BCUT2D eigenvalue weighted by atomic mass is 32.1. The molecule has 3 N–H and O–H groups in total. The molecule has 1 aromatic rings. The van der Waals surface area contributed by atoms with Gasteiger partial charge in [-0.2, -0.15) is 0 Å². The van der Waals surface area contributed by atoms with Gasteiger partial charge in [0.15, 0.2) is 5.84 Å². The molecule has 0 amide bonds. The van der Waals surface area contributed by atoms with Gasteiger partial charge in [0.2, 0.25) is 0 Å². The van der Waals surface area contributed by atoms with Crippen LogP contribution in [0.4, 0.5) is 0 Å². The van der Waals surface area contributed by atoms with Gasteiger partial charge < -0.3 is 10.9 Å². The van der Waals surface area contributed by atoms with Gasteiger partial charge in [0.1, 0.15) is 5.01 Å². The van der Waals surface area contributed by atoms with Crippen LogP contribution >= 0.6 is 11.3 Å². The second-order valence-electron chi connectivity index (χ2n) is 4.90. The molecule has 0 saturated carbocycles. The molecule has 1 aromatic heterocycles. The molecule has 19 heavy (non-hydrogen) atoms. The number of aromatic nitrogens is 1. The lowest BCUT2D eigenvalue weighted by Crippen LogP contribution is -2.52. The summed E-state index contributed by atoms with van der Waals surface area (Å²) in [6, 6.07) is -0.00532. The van der Waals surface area contributed by atoms with Gasteiger partial charge in [-0.1, -0.05) is 5.16 Å². The molecule has 1 aliphatic heterocycles. The van der Waals surface area contributed by atoms with Gasteiger partial charge >= 0.3 is 0 Å². The summed E-state index contributed by atoms with van der Waals surface area (Å²) in [5.74, 6) is 0.281. The lowest BCUT2D eigenvalue weighted by molar-refractivity contribution is 0.116. The Labute approximate surface area is 117 Å². The van der Waals surface area contributed by atoms with Crippen molar-refractivity contribution in [1.29, 1.82) is 0 Å². The zero-order valence-corrected chi connectivity index (χ0v) is 12.2. The summed E-state index contributed by atoms with van der Waals surface area (Å²) in [7, 11) is 0. The van der Waals surface area contributed by atoms with Gasteiger partial charge in [0, 0.05) is 37.3 Å². The smallest absolute Gasteiger partial charge is 0.156 e. The number of rotatable bonds is 4. The summed E-state index contributed by atoms with van der Waals surface area (Å²) < 4.78 is 0. The average Bonchev–Trinajstić information content (AvgIpc) is 2.83. The number of hydrogen-bond donors (Lipinski definition) is 2. The monoisotopic (exact) mass is 283 g/mol. The van der Waals surface area contributed by atoms with Crippen LogP contribution in [0.15, 0.2) is 10.5 Å². The molecule has 0 radical (unpaired) electrons. The first kappa shape index (κ1) is 14.2. The minimum atomic E-state index is -0.00532. The van der Waals surface area contributed by atoms with Crippen LogP contribution in [0.25, 0.3) is 0 Å². The minimum Gasteiger partial charge on any atom is -0.409 e. The van der Waals surface area contributed by atoms with Crippen LogP contribution in [0, 0.1) is 6.92 Å². The van der Waals surface area contributed by atoms with Crippen LogP contribution < -0.4 is 5.73 Å². The standard InChI is InChI=1S/C12H21N5OS/c1-9-8-19-11(14-9)7-16-3-5-17(6-4-16)10(2)12(13)15-18/h8,10,18H,3-7H2,1-2H3,(H2,13,15). The van der Waals surface area contributed by atoms with Crippen LogP contribution in [0.2, 0.25) is 0 Å². The van der Waals surface area contributed by atoms with Gasteiger partial charge in [-0.3, -0.25) is 9.80 Å². The quantitative estimate of drug-likeness (QED) is 0.368. The highest BCUT2D eigenvalue weighted by molar-refractivity contribution is 7.09. The Hall–Kier alpha value is -1.18. The Balaban J connectivity index is 1.82. The number of nitrogens with two attached hydrogens (primary N) is 1. The largest absolute Gasteiger partial charge is 0.409 e. The third kappa shape index (κ3) is 3.65. The van der Waals surface area contributed by atoms with E-state index in [9.17, 15) is 0 Å². The molecule has 6 nitrogen and oxygen atoms in total. The van der Waals surface area contributed by atoms with Crippen LogP contribution in [-0.2, 0) is 6.54 Å². The van der Waals surface area contributed by atoms with Crippen molar-refractivity contribution in [3.05, 3.63) is 16.1 Å². The molecule has 1 fully saturated rings. The fourth-order valence-corrected chi connectivity index (χ4v) is 3.06. The topological polar surface area (TPSA) is 78.0 Å². The summed E-state index contributed by atoms with van der Waals surface area (Å²) in [6.45, 7) is 8.75. The summed E-state index contributed by atoms with van der Waals surface area (Å²) in [5, 5.41) is 15.1. The Kier molecular flexibility index (Phi) is 4.73. The van der Waals surface area contributed by atoms with Gasteiger partial charge in [0.05, 0.1) is 12.6 Å². The molecule has 0 bridgehead atoms. The van der Waals surface area contributed by atoms with Crippen molar-refractivity contribution in [1.82, 2.24) is 14.8 Å². The molecular formula is C12H21N5OS. The van der Waals surface area contributed by atoms with Crippen molar-refractivity contribution < 1.29 is 5.21 Å². The maximum Gasteiger partial charge on any atom is 0.156 e. The molecule has 0 spiro atoms. The Bertz CT molecular complexity index is 439. The Morgan fingerprint density at radius 3 is 2.74 bits per heavy atom. The van der Waals surface area contributed by atoms with Crippen LogP contribution in [0.5, 0.6) is 0 Å². The van der Waals surface area contributed by atoms with E-state index in [0.29, 0.717) is 0 Å². The minimum absolute atomic E-state index is 0.00532. The summed E-state index contributed by atoms with van der Waals surface area (Å²) >= 11 is 1.72. The van der Waals surface area contributed by atoms with Crippen molar-refractivity contribution >= 4 is 17.2 Å². The second-order valence-corrected chi connectivity index (χ2v) is 5.84. The molecule has 1 saturated heterocycles. The van der Waals surface area contributed by atoms with Crippen molar-refractivity contribution in [2.75, 3.05) is 26.2 Å². The molecule has 1 aliphatic rings. The molecule has 0 aliphatic carbocycles. The summed E-state index contributed by atoms with van der Waals surface area (Å²) in [5.41, 5.74) is 6.74. The average molecular weight is 283 g/mol. The third-order valence-electron chi connectivity index (χ3n) is 3.52. The number of amidine groups is 1. The highest BCUT2D eigenvalue weighted by Gasteiger charge is 2.23. The lowest BCUT2D eigenvalue weighted by atomic mass is 10.2. The molecule has 2 rings (SSSR count). The highest BCUT2D eigenvalue weighted by Crippen LogP contribution is 2.14. The zero-order chi connectivity index (χ0) is 13.8. The first-order chi connectivity index (χ1) is 9.10. The van der Waals surface area contributed by atoms with Gasteiger partial charge in [-0.25, -0.2) is 4.98 Å². The second kappa shape index (κ2) is 6.31. The zero-order valence-electron chi connectivity index (χ0n) is 11.4. The van der Waals surface area contributed by atoms with E-state index in [1.165, 1.54) is 5.01 Å². The van der Waals surface area contributed by atoms with Gasteiger partial charge in [-0.05, 0) is 13.8 Å². The van der Waals surface area contributed by atoms with E-state index >= 15 is 0 Å². The SMILES string of the molecule is Cc1csc(CN2CCN(C(C)C(N)=NO)CC2)n1. The Morgan fingerprint density at radius 2 is 2.21 bits per heavy atom. The van der Waals surface area contributed by atoms with Crippen molar-refractivity contribution in [3.8, 4) is 0 Å². The lowest BCUT2D eigenvalue weighted by Gasteiger charge is -2.37. The predicted octanol–water partition coefficient (Wildman–Crippen LogP) is 0.704. The number of oxime groups is 1. The van der Waals surface area contributed by atoms with E-state index in [1.54, 1.807) is 11.3 Å². The van der Waals surface area contributed by atoms with Gasteiger partial charge in [0.25, 0.3) is 0 Å². The van der Waals surface area contributed by atoms with E-state index in [1.807, 2.05) is 13.8 Å². The molecule has 1 atom stereocenters. The van der Waals surface area contributed by atoms with Crippen molar-refractivity contribution in [2.45, 2.75) is 26.4 Å². The normalized spacial score (nSPS) is 20.6. The van der Waals surface area contributed by atoms with Crippen molar-refractivity contribution in [3.63, 3.8) is 0 Å². The van der Waals surface area contributed by atoms with E-state index < -0.39 is 0 Å².